The van der Waals surface area contributed by atoms with Gasteiger partial charge in [-0.3, -0.25) is 4.79 Å². The molecule has 0 saturated heterocycles. The summed E-state index contributed by atoms with van der Waals surface area (Å²) in [4.78, 5) is 10.5. The molecule has 2 nitrogen and oxygen atoms in total. The van der Waals surface area contributed by atoms with Crippen molar-refractivity contribution in [2.24, 2.45) is 0 Å². The summed E-state index contributed by atoms with van der Waals surface area (Å²) in [5.74, 6) is -0.813. The van der Waals surface area contributed by atoms with Crippen molar-refractivity contribution < 1.29 is 9.53 Å². The maximum atomic E-state index is 10.5. The van der Waals surface area contributed by atoms with E-state index in [0.29, 0.717) is 0 Å². The summed E-state index contributed by atoms with van der Waals surface area (Å²) in [6, 6.07) is 0. The lowest BCUT2D eigenvalue weighted by atomic mass is 9.70. The third kappa shape index (κ3) is 3.46. The lowest BCUT2D eigenvalue weighted by Crippen LogP contribution is -2.35. The summed E-state index contributed by atoms with van der Waals surface area (Å²) in [6.45, 7) is 1.86. The Balaban J connectivity index is 3.74. The van der Waals surface area contributed by atoms with Crippen molar-refractivity contribution in [3.63, 3.8) is 0 Å². The number of carbonyl (C=O) groups is 1. The highest BCUT2D eigenvalue weighted by molar-refractivity contribution is 6.71. The predicted molar refractivity (Wildman–Crippen MR) is 36.7 cm³/mol. The molecule has 4 radical (unpaired) electrons. The van der Waals surface area contributed by atoms with Crippen LogP contribution in [0.5, 0.6) is 0 Å². The highest BCUT2D eigenvalue weighted by atomic mass is 35.5. The number of alkyl halides is 1. The van der Waals surface area contributed by atoms with Crippen LogP contribution in [-0.4, -0.2) is 32.9 Å². The molecule has 0 atom stereocenters. The van der Waals surface area contributed by atoms with Gasteiger partial charge in [0, 0.05) is 0 Å². The summed E-state index contributed by atoms with van der Waals surface area (Å²) >= 11 is 5.14. The Morgan fingerprint density at radius 2 is 2.22 bits per heavy atom. The Morgan fingerprint density at radius 1 is 1.78 bits per heavy atom. The van der Waals surface area contributed by atoms with Gasteiger partial charge in [0.25, 0.3) is 0 Å². The molecule has 0 N–H and O–H groups in total. The Kier molecular flexibility index (Phi) is 3.12. The van der Waals surface area contributed by atoms with E-state index >= 15 is 0 Å². The van der Waals surface area contributed by atoms with Crippen molar-refractivity contribution in [3.8, 4) is 0 Å². The SMILES string of the molecule is [B]C([B])(Cl)C(=O)OCC. The number of esters is 1. The quantitative estimate of drug-likeness (QED) is 0.302. The van der Waals surface area contributed by atoms with Gasteiger partial charge in [0.1, 0.15) is 0 Å². The van der Waals surface area contributed by atoms with Gasteiger partial charge in [0.05, 0.1) is 27.0 Å². The van der Waals surface area contributed by atoms with E-state index in [1.54, 1.807) is 6.92 Å². The number of ether oxygens (including phenoxy) is 1. The molecule has 0 bridgehead atoms. The van der Waals surface area contributed by atoms with E-state index in [9.17, 15) is 4.79 Å². The van der Waals surface area contributed by atoms with Gasteiger partial charge in [-0.1, -0.05) is 0 Å². The first-order chi connectivity index (χ1) is 3.98. The van der Waals surface area contributed by atoms with Crippen molar-refractivity contribution in [3.05, 3.63) is 0 Å². The summed E-state index contributed by atoms with van der Waals surface area (Å²) in [5, 5.41) is 0. The number of carbonyl (C=O) groups excluding carboxylic acids is 1. The van der Waals surface area contributed by atoms with E-state index in [1.165, 1.54) is 0 Å². The molecule has 0 saturated carbocycles. The fraction of sp³-hybridized carbons (Fsp3) is 0.750. The average molecular weight is 142 g/mol. The van der Waals surface area contributed by atoms with Crippen LogP contribution in [0.15, 0.2) is 0 Å². The number of halogens is 1. The Labute approximate surface area is 61.7 Å². The summed E-state index contributed by atoms with van der Waals surface area (Å²) in [5.41, 5.74) is 0. The molecule has 5 heteroatoms. The maximum absolute atomic E-state index is 10.5. The first-order valence-corrected chi connectivity index (χ1v) is 2.80. The highest BCUT2D eigenvalue weighted by Crippen LogP contribution is 2.05. The largest absolute Gasteiger partial charge is 0.466 e. The minimum atomic E-state index is -1.88. The summed E-state index contributed by atoms with van der Waals surface area (Å²) in [6.07, 6.45) is 0. The molecule has 0 aliphatic carbocycles. The number of hydrogen-bond donors (Lipinski definition) is 0. The molecule has 0 rings (SSSR count). The molecular weight excluding hydrogens is 137 g/mol. The first-order valence-electron chi connectivity index (χ1n) is 2.42. The minimum Gasteiger partial charge on any atom is -0.466 e. The lowest BCUT2D eigenvalue weighted by molar-refractivity contribution is -0.142. The smallest absolute Gasteiger partial charge is 0.308 e. The van der Waals surface area contributed by atoms with Crippen LogP contribution >= 0.6 is 11.6 Å². The fourth-order valence-electron chi connectivity index (χ4n) is 0.242. The van der Waals surface area contributed by atoms with Crippen LogP contribution in [0.25, 0.3) is 0 Å². The van der Waals surface area contributed by atoms with E-state index in [0.717, 1.165) is 0 Å². The zero-order valence-corrected chi connectivity index (χ0v) is 5.81. The molecule has 0 aromatic heterocycles. The second kappa shape index (κ2) is 3.16. The van der Waals surface area contributed by atoms with E-state index in [1.807, 2.05) is 0 Å². The average Bonchev–Trinajstić information content (AvgIpc) is 1.64. The van der Waals surface area contributed by atoms with Gasteiger partial charge in [-0.25, -0.2) is 0 Å². The number of hydrogen-bond acceptors (Lipinski definition) is 2. The molecule has 0 amide bonds. The predicted octanol–water partition coefficient (Wildman–Crippen LogP) is -0.221. The molecular formula is C4H5B2ClO2. The minimum absolute atomic E-state index is 0.224. The maximum Gasteiger partial charge on any atom is 0.308 e. The topological polar surface area (TPSA) is 26.3 Å². The zero-order valence-electron chi connectivity index (χ0n) is 5.06. The zero-order chi connectivity index (χ0) is 7.49. The Hall–Kier alpha value is -0.110. The van der Waals surface area contributed by atoms with Crippen LogP contribution in [-0.2, 0) is 9.53 Å². The van der Waals surface area contributed by atoms with Crippen molar-refractivity contribution >= 4 is 33.3 Å². The molecule has 46 valence electrons. The van der Waals surface area contributed by atoms with Gasteiger partial charge < -0.3 is 4.74 Å². The van der Waals surface area contributed by atoms with Gasteiger partial charge in [-0.05, 0) is 6.92 Å². The third-order valence-corrected chi connectivity index (χ3v) is 0.743. The van der Waals surface area contributed by atoms with Gasteiger partial charge >= 0.3 is 5.97 Å². The lowest BCUT2D eigenvalue weighted by Gasteiger charge is -2.13. The fourth-order valence-corrected chi connectivity index (χ4v) is 0.296. The second-order valence-electron chi connectivity index (χ2n) is 1.49. The Bertz CT molecular complexity index is 110. The van der Waals surface area contributed by atoms with Gasteiger partial charge in [-0.15, -0.1) is 11.6 Å². The second-order valence-corrected chi connectivity index (χ2v) is 2.11. The molecule has 0 spiro atoms. The number of rotatable bonds is 2. The third-order valence-electron chi connectivity index (χ3n) is 0.588. The molecule has 0 aliphatic heterocycles. The molecule has 9 heavy (non-hydrogen) atoms. The monoisotopic (exact) mass is 142 g/mol. The van der Waals surface area contributed by atoms with E-state index in [2.05, 4.69) is 4.74 Å². The first kappa shape index (κ1) is 8.89. The molecule has 0 aliphatic rings. The van der Waals surface area contributed by atoms with Gasteiger partial charge in [-0.2, -0.15) is 0 Å². The van der Waals surface area contributed by atoms with Gasteiger partial charge in [0.2, 0.25) is 0 Å². The van der Waals surface area contributed by atoms with Crippen LogP contribution in [0.2, 0.25) is 0 Å². The van der Waals surface area contributed by atoms with Crippen molar-refractivity contribution in [2.45, 2.75) is 11.6 Å². The van der Waals surface area contributed by atoms with Gasteiger partial charge in [0.15, 0.2) is 0 Å². The molecule has 0 unspecified atom stereocenters. The summed E-state index contributed by atoms with van der Waals surface area (Å²) < 4.78 is 2.51. The van der Waals surface area contributed by atoms with Crippen LogP contribution in [0.3, 0.4) is 0 Å². The van der Waals surface area contributed by atoms with Crippen molar-refractivity contribution in [2.75, 3.05) is 6.61 Å². The molecule has 0 aromatic carbocycles. The highest BCUT2D eigenvalue weighted by Gasteiger charge is 2.23. The van der Waals surface area contributed by atoms with Crippen LogP contribution in [0.4, 0.5) is 0 Å². The van der Waals surface area contributed by atoms with Crippen molar-refractivity contribution in [1.82, 2.24) is 0 Å². The molecule has 0 heterocycles. The molecule has 0 fully saturated rings. The Morgan fingerprint density at radius 3 is 2.33 bits per heavy atom. The van der Waals surface area contributed by atoms with E-state index in [4.69, 9.17) is 27.3 Å². The van der Waals surface area contributed by atoms with Crippen LogP contribution < -0.4 is 0 Å². The van der Waals surface area contributed by atoms with E-state index < -0.39 is 10.6 Å². The molecule has 0 aromatic rings. The van der Waals surface area contributed by atoms with Crippen LogP contribution in [0, 0.1) is 0 Å². The summed E-state index contributed by atoms with van der Waals surface area (Å²) in [7, 11) is 9.87. The van der Waals surface area contributed by atoms with Crippen LogP contribution in [0.1, 0.15) is 6.92 Å². The normalized spacial score (nSPS) is 10.9. The standard InChI is InChI=1S/C4H5B2ClO2/c1-2-9-3(8)4(5,6)7/h2H2,1H3. The van der Waals surface area contributed by atoms with E-state index in [-0.39, 0.29) is 6.61 Å². The van der Waals surface area contributed by atoms with Crippen molar-refractivity contribution in [1.29, 1.82) is 0 Å².